The van der Waals surface area contributed by atoms with Crippen LogP contribution >= 0.6 is 11.8 Å². The number of benzene rings is 1. The first-order valence-corrected chi connectivity index (χ1v) is 9.75. The smallest absolute Gasteiger partial charge is 0.191 e. The lowest BCUT2D eigenvalue weighted by Gasteiger charge is -2.13. The molecule has 4 nitrogen and oxygen atoms in total. The molecule has 0 radical (unpaired) electrons. The summed E-state index contributed by atoms with van der Waals surface area (Å²) in [6.45, 7) is 6.80. The summed E-state index contributed by atoms with van der Waals surface area (Å²) in [5.74, 6) is 3.08. The van der Waals surface area contributed by atoms with Gasteiger partial charge in [0.15, 0.2) is 5.96 Å². The van der Waals surface area contributed by atoms with Crippen LogP contribution in [-0.2, 0) is 6.42 Å². The molecule has 2 N–H and O–H groups in total. The van der Waals surface area contributed by atoms with Crippen molar-refractivity contribution in [3.05, 3.63) is 29.3 Å². The van der Waals surface area contributed by atoms with E-state index < -0.39 is 0 Å². The number of nitrogens with zero attached hydrogens (tertiary/aromatic N) is 1. The van der Waals surface area contributed by atoms with Gasteiger partial charge in [0.2, 0.25) is 0 Å². The summed E-state index contributed by atoms with van der Waals surface area (Å²) in [5, 5.41) is 6.71. The Hall–Kier alpha value is -1.36. The number of rotatable bonds is 10. The van der Waals surface area contributed by atoms with Gasteiger partial charge in [0.25, 0.3) is 0 Å². The van der Waals surface area contributed by atoms with Crippen LogP contribution in [0, 0.1) is 6.92 Å². The molecule has 1 aromatic carbocycles. The molecular weight excluding hydrogens is 306 g/mol. The lowest BCUT2D eigenvalue weighted by Crippen LogP contribution is -2.38. The average molecular weight is 338 g/mol. The number of ether oxygens (including phenoxy) is 1. The first-order chi connectivity index (χ1) is 11.2. The molecule has 0 atom stereocenters. The largest absolute Gasteiger partial charge is 0.496 e. The zero-order valence-corrected chi connectivity index (χ0v) is 15.8. The Kier molecular flexibility index (Phi) is 10.4. The predicted molar refractivity (Wildman–Crippen MR) is 103 cm³/mol. The zero-order valence-electron chi connectivity index (χ0n) is 14.9. The molecule has 0 saturated heterocycles. The number of thioether (sulfide) groups is 1. The van der Waals surface area contributed by atoms with E-state index in [1.54, 1.807) is 7.11 Å². The molecule has 0 fully saturated rings. The standard InChI is InChI=1S/C18H31N3OS/c1-5-19-18(20-11-6-7-13-23-4)21-12-10-16-14-15(2)8-9-17(16)22-3/h8-9,14H,5-7,10-13H2,1-4H3,(H2,19,20,21). The fraction of sp³-hybridized carbons (Fsp3) is 0.611. The summed E-state index contributed by atoms with van der Waals surface area (Å²) < 4.78 is 5.43. The minimum atomic E-state index is 0.844. The van der Waals surface area contributed by atoms with Crippen molar-refractivity contribution in [2.24, 2.45) is 4.99 Å². The molecule has 5 heteroatoms. The van der Waals surface area contributed by atoms with Gasteiger partial charge in [-0.2, -0.15) is 11.8 Å². The summed E-state index contributed by atoms with van der Waals surface area (Å²) >= 11 is 1.90. The fourth-order valence-corrected chi connectivity index (χ4v) is 2.80. The Bertz CT molecular complexity index is 477. The summed E-state index contributed by atoms with van der Waals surface area (Å²) in [6, 6.07) is 6.30. The highest BCUT2D eigenvalue weighted by atomic mass is 32.2. The Labute approximate surface area is 145 Å². The fourth-order valence-electron chi connectivity index (χ4n) is 2.31. The van der Waals surface area contributed by atoms with Crippen LogP contribution < -0.4 is 15.4 Å². The number of hydrogen-bond donors (Lipinski definition) is 2. The number of methoxy groups -OCH3 is 1. The van der Waals surface area contributed by atoms with Crippen molar-refractivity contribution in [2.75, 3.05) is 38.8 Å². The summed E-state index contributed by atoms with van der Waals surface area (Å²) in [5.41, 5.74) is 2.49. The van der Waals surface area contributed by atoms with Gasteiger partial charge in [-0.05, 0) is 56.7 Å². The Morgan fingerprint density at radius 1 is 1.26 bits per heavy atom. The molecular formula is C18H31N3OS. The number of nitrogens with one attached hydrogen (secondary N) is 2. The van der Waals surface area contributed by atoms with Crippen LogP contribution in [0.15, 0.2) is 23.2 Å². The predicted octanol–water partition coefficient (Wildman–Crippen LogP) is 3.24. The minimum Gasteiger partial charge on any atom is -0.496 e. The summed E-state index contributed by atoms with van der Waals surface area (Å²) in [4.78, 5) is 4.63. The molecule has 23 heavy (non-hydrogen) atoms. The first kappa shape index (κ1) is 19.7. The van der Waals surface area contributed by atoms with Crippen LogP contribution in [0.2, 0.25) is 0 Å². The molecule has 0 spiro atoms. The van der Waals surface area contributed by atoms with Gasteiger partial charge >= 0.3 is 0 Å². The van der Waals surface area contributed by atoms with Gasteiger partial charge in [0.1, 0.15) is 5.75 Å². The number of guanidine groups is 1. The van der Waals surface area contributed by atoms with E-state index in [1.807, 2.05) is 17.8 Å². The second-order valence-electron chi connectivity index (χ2n) is 5.45. The van der Waals surface area contributed by atoms with E-state index >= 15 is 0 Å². The van der Waals surface area contributed by atoms with E-state index in [4.69, 9.17) is 4.74 Å². The molecule has 130 valence electrons. The number of unbranched alkanes of at least 4 members (excludes halogenated alkanes) is 1. The van der Waals surface area contributed by atoms with Crippen LogP contribution in [0.25, 0.3) is 0 Å². The van der Waals surface area contributed by atoms with E-state index in [0.29, 0.717) is 0 Å². The number of aryl methyl sites for hydroxylation is 1. The Morgan fingerprint density at radius 2 is 2.09 bits per heavy atom. The van der Waals surface area contributed by atoms with E-state index in [9.17, 15) is 0 Å². The van der Waals surface area contributed by atoms with Crippen molar-refractivity contribution >= 4 is 17.7 Å². The molecule has 0 bridgehead atoms. The molecule has 0 saturated carbocycles. The number of hydrogen-bond acceptors (Lipinski definition) is 3. The van der Waals surface area contributed by atoms with E-state index in [0.717, 1.165) is 44.2 Å². The summed E-state index contributed by atoms with van der Waals surface area (Å²) in [6.07, 6.45) is 5.43. The van der Waals surface area contributed by atoms with Gasteiger partial charge < -0.3 is 15.4 Å². The molecule has 0 aliphatic rings. The lowest BCUT2D eigenvalue weighted by atomic mass is 10.1. The first-order valence-electron chi connectivity index (χ1n) is 8.35. The third-order valence-electron chi connectivity index (χ3n) is 3.49. The van der Waals surface area contributed by atoms with Crippen molar-refractivity contribution in [3.63, 3.8) is 0 Å². The molecule has 0 aliphatic heterocycles. The Morgan fingerprint density at radius 3 is 2.78 bits per heavy atom. The van der Waals surface area contributed by atoms with E-state index in [1.165, 1.54) is 23.3 Å². The SMILES string of the molecule is CCNC(=NCCCCSC)NCCc1cc(C)ccc1OC. The van der Waals surface area contributed by atoms with Gasteiger partial charge in [0, 0.05) is 19.6 Å². The monoisotopic (exact) mass is 337 g/mol. The second kappa shape index (κ2) is 12.1. The van der Waals surface area contributed by atoms with Crippen molar-refractivity contribution in [1.29, 1.82) is 0 Å². The summed E-state index contributed by atoms with van der Waals surface area (Å²) in [7, 11) is 1.72. The van der Waals surface area contributed by atoms with E-state index in [2.05, 4.69) is 47.9 Å². The number of aliphatic imine (C=N–C) groups is 1. The maximum atomic E-state index is 5.43. The van der Waals surface area contributed by atoms with Crippen molar-refractivity contribution in [1.82, 2.24) is 10.6 Å². The van der Waals surface area contributed by atoms with Crippen molar-refractivity contribution < 1.29 is 4.74 Å². The molecule has 0 amide bonds. The molecule has 1 rings (SSSR count). The lowest BCUT2D eigenvalue weighted by molar-refractivity contribution is 0.409. The van der Waals surface area contributed by atoms with Crippen LogP contribution in [0.3, 0.4) is 0 Å². The molecule has 0 heterocycles. The molecule has 0 aliphatic carbocycles. The van der Waals surface area contributed by atoms with Gasteiger partial charge in [-0.15, -0.1) is 0 Å². The minimum absolute atomic E-state index is 0.844. The van der Waals surface area contributed by atoms with Crippen molar-refractivity contribution in [2.45, 2.75) is 33.1 Å². The highest BCUT2D eigenvalue weighted by Crippen LogP contribution is 2.19. The van der Waals surface area contributed by atoms with E-state index in [-0.39, 0.29) is 0 Å². The Balaban J connectivity index is 2.46. The molecule has 0 aromatic heterocycles. The van der Waals surface area contributed by atoms with Crippen molar-refractivity contribution in [3.8, 4) is 5.75 Å². The maximum Gasteiger partial charge on any atom is 0.191 e. The topological polar surface area (TPSA) is 45.7 Å². The highest BCUT2D eigenvalue weighted by molar-refractivity contribution is 7.98. The third kappa shape index (κ3) is 8.16. The maximum absolute atomic E-state index is 5.43. The zero-order chi connectivity index (χ0) is 16.9. The molecule has 0 unspecified atom stereocenters. The second-order valence-corrected chi connectivity index (χ2v) is 6.44. The van der Waals surface area contributed by atoms with Gasteiger partial charge in [0.05, 0.1) is 7.11 Å². The highest BCUT2D eigenvalue weighted by Gasteiger charge is 2.04. The average Bonchev–Trinajstić information content (AvgIpc) is 2.55. The van der Waals surface area contributed by atoms with Crippen LogP contribution in [0.5, 0.6) is 5.75 Å². The van der Waals surface area contributed by atoms with Gasteiger partial charge in [-0.25, -0.2) is 0 Å². The van der Waals surface area contributed by atoms with Crippen LogP contribution in [0.1, 0.15) is 30.9 Å². The third-order valence-corrected chi connectivity index (χ3v) is 4.19. The van der Waals surface area contributed by atoms with Crippen LogP contribution in [-0.4, -0.2) is 44.7 Å². The van der Waals surface area contributed by atoms with Gasteiger partial charge in [-0.3, -0.25) is 4.99 Å². The van der Waals surface area contributed by atoms with Gasteiger partial charge in [-0.1, -0.05) is 17.7 Å². The molecule has 1 aromatic rings. The quantitative estimate of drug-likeness (QED) is 0.391. The van der Waals surface area contributed by atoms with Crippen LogP contribution in [0.4, 0.5) is 0 Å². The normalized spacial score (nSPS) is 11.4.